The lowest BCUT2D eigenvalue weighted by Gasteiger charge is -2.37. The molecule has 2 aliphatic rings. The van der Waals surface area contributed by atoms with Crippen molar-refractivity contribution in [3.63, 3.8) is 0 Å². The topological polar surface area (TPSA) is 59.5 Å². The SMILES string of the molecule is CC(C)Nc1cc(-c2ccccc2)nc(N2CCC3(CC2)OCCO3)n1. The Bertz CT molecular complexity index is 735. The second kappa shape index (κ2) is 7.21. The summed E-state index contributed by atoms with van der Waals surface area (Å²) in [6.07, 6.45) is 1.69. The Morgan fingerprint density at radius 3 is 2.38 bits per heavy atom. The van der Waals surface area contributed by atoms with E-state index in [0.717, 1.165) is 49.0 Å². The van der Waals surface area contributed by atoms with Crippen molar-refractivity contribution in [2.24, 2.45) is 0 Å². The van der Waals surface area contributed by atoms with Crippen molar-refractivity contribution in [2.75, 3.05) is 36.5 Å². The first-order valence-electron chi connectivity index (χ1n) is 9.37. The first kappa shape index (κ1) is 17.2. The number of hydrogen-bond donors (Lipinski definition) is 1. The van der Waals surface area contributed by atoms with Gasteiger partial charge in [-0.3, -0.25) is 0 Å². The molecule has 26 heavy (non-hydrogen) atoms. The van der Waals surface area contributed by atoms with Gasteiger partial charge in [0.15, 0.2) is 5.79 Å². The van der Waals surface area contributed by atoms with Crippen molar-refractivity contribution < 1.29 is 9.47 Å². The van der Waals surface area contributed by atoms with Crippen molar-refractivity contribution in [3.8, 4) is 11.3 Å². The van der Waals surface area contributed by atoms with Crippen LogP contribution in [0.2, 0.25) is 0 Å². The summed E-state index contributed by atoms with van der Waals surface area (Å²) >= 11 is 0. The molecule has 2 saturated heterocycles. The molecule has 0 saturated carbocycles. The summed E-state index contributed by atoms with van der Waals surface area (Å²) < 4.78 is 11.7. The van der Waals surface area contributed by atoms with Crippen LogP contribution in [-0.2, 0) is 9.47 Å². The second-order valence-electron chi connectivity index (χ2n) is 7.20. The van der Waals surface area contributed by atoms with E-state index >= 15 is 0 Å². The molecule has 1 spiro atoms. The molecule has 0 radical (unpaired) electrons. The van der Waals surface area contributed by atoms with Crippen LogP contribution in [-0.4, -0.2) is 48.1 Å². The molecule has 0 atom stereocenters. The maximum Gasteiger partial charge on any atom is 0.227 e. The highest BCUT2D eigenvalue weighted by Gasteiger charge is 2.40. The highest BCUT2D eigenvalue weighted by molar-refractivity contribution is 5.64. The van der Waals surface area contributed by atoms with Gasteiger partial charge in [0.2, 0.25) is 5.95 Å². The van der Waals surface area contributed by atoms with Crippen molar-refractivity contribution in [3.05, 3.63) is 36.4 Å². The molecule has 138 valence electrons. The first-order chi connectivity index (χ1) is 12.6. The summed E-state index contributed by atoms with van der Waals surface area (Å²) in [7, 11) is 0. The van der Waals surface area contributed by atoms with Gasteiger partial charge < -0.3 is 19.7 Å². The highest BCUT2D eigenvalue weighted by atomic mass is 16.7. The van der Waals surface area contributed by atoms with Crippen molar-refractivity contribution in [1.82, 2.24) is 9.97 Å². The van der Waals surface area contributed by atoms with Gasteiger partial charge in [0, 0.05) is 43.6 Å². The van der Waals surface area contributed by atoms with E-state index in [1.165, 1.54) is 0 Å². The Labute approximate surface area is 154 Å². The maximum atomic E-state index is 5.83. The highest BCUT2D eigenvalue weighted by Crippen LogP contribution is 2.33. The van der Waals surface area contributed by atoms with Crippen LogP contribution in [0.4, 0.5) is 11.8 Å². The molecule has 2 fully saturated rings. The third-order valence-corrected chi connectivity index (χ3v) is 4.84. The van der Waals surface area contributed by atoms with Gasteiger partial charge in [-0.25, -0.2) is 4.98 Å². The van der Waals surface area contributed by atoms with Crippen LogP contribution in [0.1, 0.15) is 26.7 Å². The van der Waals surface area contributed by atoms with Crippen LogP contribution in [0, 0.1) is 0 Å². The fraction of sp³-hybridized carbons (Fsp3) is 0.500. The summed E-state index contributed by atoms with van der Waals surface area (Å²) in [5.41, 5.74) is 2.03. The molecule has 1 aromatic heterocycles. The summed E-state index contributed by atoms with van der Waals surface area (Å²) in [4.78, 5) is 11.8. The van der Waals surface area contributed by atoms with Crippen LogP contribution in [0.25, 0.3) is 11.3 Å². The molecule has 1 aromatic carbocycles. The van der Waals surface area contributed by atoms with E-state index < -0.39 is 0 Å². The normalized spacial score (nSPS) is 19.3. The van der Waals surface area contributed by atoms with Gasteiger partial charge in [0.25, 0.3) is 0 Å². The average Bonchev–Trinajstić information content (AvgIpc) is 3.10. The van der Waals surface area contributed by atoms with Gasteiger partial charge in [-0.2, -0.15) is 4.98 Å². The first-order valence-corrected chi connectivity index (χ1v) is 9.37. The number of hydrogen-bond acceptors (Lipinski definition) is 6. The molecule has 0 bridgehead atoms. The molecule has 6 heteroatoms. The Morgan fingerprint density at radius 1 is 1.04 bits per heavy atom. The molecule has 4 rings (SSSR count). The third kappa shape index (κ3) is 3.66. The number of benzene rings is 1. The molecule has 3 heterocycles. The van der Waals surface area contributed by atoms with E-state index in [1.54, 1.807) is 0 Å². The quantitative estimate of drug-likeness (QED) is 0.909. The van der Waals surface area contributed by atoms with Gasteiger partial charge in [-0.15, -0.1) is 0 Å². The molecule has 6 nitrogen and oxygen atoms in total. The van der Waals surface area contributed by atoms with Crippen LogP contribution in [0.15, 0.2) is 36.4 Å². The lowest BCUT2D eigenvalue weighted by Crippen LogP contribution is -2.45. The average molecular weight is 354 g/mol. The zero-order valence-electron chi connectivity index (χ0n) is 15.4. The number of nitrogens with one attached hydrogen (secondary N) is 1. The van der Waals surface area contributed by atoms with Gasteiger partial charge in [0.05, 0.1) is 18.9 Å². The van der Waals surface area contributed by atoms with Crippen LogP contribution >= 0.6 is 0 Å². The molecule has 2 aliphatic heterocycles. The summed E-state index contributed by atoms with van der Waals surface area (Å²) in [5.74, 6) is 1.24. The Morgan fingerprint density at radius 2 is 1.73 bits per heavy atom. The monoisotopic (exact) mass is 354 g/mol. The zero-order valence-corrected chi connectivity index (χ0v) is 15.4. The third-order valence-electron chi connectivity index (χ3n) is 4.84. The van der Waals surface area contributed by atoms with Crippen LogP contribution in [0.3, 0.4) is 0 Å². The van der Waals surface area contributed by atoms with E-state index in [1.807, 2.05) is 24.3 Å². The van der Waals surface area contributed by atoms with Gasteiger partial charge in [0.1, 0.15) is 5.82 Å². The molecule has 1 N–H and O–H groups in total. The summed E-state index contributed by atoms with van der Waals surface area (Å²) in [5, 5.41) is 3.42. The number of piperidine rings is 1. The van der Waals surface area contributed by atoms with E-state index in [4.69, 9.17) is 19.4 Å². The van der Waals surface area contributed by atoms with E-state index in [0.29, 0.717) is 19.3 Å². The molecule has 2 aromatic rings. The Balaban J connectivity index is 1.60. The predicted octanol–water partition coefficient (Wildman–Crippen LogP) is 3.31. The van der Waals surface area contributed by atoms with Crippen molar-refractivity contribution in [2.45, 2.75) is 38.5 Å². The largest absolute Gasteiger partial charge is 0.368 e. The van der Waals surface area contributed by atoms with Gasteiger partial charge in [-0.05, 0) is 13.8 Å². The molecular weight excluding hydrogens is 328 g/mol. The van der Waals surface area contributed by atoms with Crippen LogP contribution in [0.5, 0.6) is 0 Å². The zero-order chi connectivity index (χ0) is 18.0. The molecule has 0 unspecified atom stereocenters. The van der Waals surface area contributed by atoms with E-state index in [2.05, 4.69) is 36.2 Å². The lowest BCUT2D eigenvalue weighted by atomic mass is 10.0. The maximum absolute atomic E-state index is 5.83. The smallest absolute Gasteiger partial charge is 0.227 e. The minimum atomic E-state index is -0.382. The minimum absolute atomic E-state index is 0.311. The Kier molecular flexibility index (Phi) is 4.78. The second-order valence-corrected chi connectivity index (χ2v) is 7.20. The van der Waals surface area contributed by atoms with E-state index in [9.17, 15) is 0 Å². The van der Waals surface area contributed by atoms with E-state index in [-0.39, 0.29) is 5.79 Å². The number of nitrogens with zero attached hydrogens (tertiary/aromatic N) is 3. The number of rotatable bonds is 4. The lowest BCUT2D eigenvalue weighted by molar-refractivity contribution is -0.169. The van der Waals surface area contributed by atoms with Gasteiger partial charge >= 0.3 is 0 Å². The summed E-state index contributed by atoms with van der Waals surface area (Å²) in [6.45, 7) is 7.29. The van der Waals surface area contributed by atoms with Crippen molar-refractivity contribution in [1.29, 1.82) is 0 Å². The standard InChI is InChI=1S/C20H26N4O2/c1-15(2)21-18-14-17(16-6-4-3-5-7-16)22-19(23-18)24-10-8-20(9-11-24)25-12-13-26-20/h3-7,14-15H,8-13H2,1-2H3,(H,21,22,23). The van der Waals surface area contributed by atoms with Crippen LogP contribution < -0.4 is 10.2 Å². The number of anilines is 2. The number of aromatic nitrogens is 2. The fourth-order valence-corrected chi connectivity index (χ4v) is 3.54. The number of ether oxygens (including phenoxy) is 2. The molecular formula is C20H26N4O2. The van der Waals surface area contributed by atoms with Crippen molar-refractivity contribution >= 4 is 11.8 Å². The predicted molar refractivity (Wildman–Crippen MR) is 102 cm³/mol. The Hall–Kier alpha value is -2.18. The summed E-state index contributed by atoms with van der Waals surface area (Å²) in [6, 6.07) is 12.6. The molecule has 0 amide bonds. The molecule has 0 aliphatic carbocycles. The van der Waals surface area contributed by atoms with Gasteiger partial charge in [-0.1, -0.05) is 30.3 Å². The fourth-order valence-electron chi connectivity index (χ4n) is 3.54. The minimum Gasteiger partial charge on any atom is -0.368 e.